The minimum absolute atomic E-state index is 0.106. The Morgan fingerprint density at radius 3 is 2.36 bits per heavy atom. The van der Waals surface area contributed by atoms with E-state index in [1.54, 1.807) is 38.1 Å². The Morgan fingerprint density at radius 2 is 1.79 bits per heavy atom. The molecule has 0 aliphatic rings. The molecule has 2 aromatic rings. The van der Waals surface area contributed by atoms with Gasteiger partial charge in [-0.05, 0) is 30.2 Å². The number of anilines is 1. The molecule has 10 nitrogen and oxygen atoms in total. The number of benzene rings is 2. The summed E-state index contributed by atoms with van der Waals surface area (Å²) in [6.07, 6.45) is 0.963. The van der Waals surface area contributed by atoms with Crippen molar-refractivity contribution < 1.29 is 22.9 Å². The maximum absolute atomic E-state index is 12.6. The largest absolute Gasteiger partial charge is 0.378 e. The summed E-state index contributed by atoms with van der Waals surface area (Å²) in [6.45, 7) is 3.80. The fourth-order valence-electron chi connectivity index (χ4n) is 2.93. The highest BCUT2D eigenvalue weighted by atomic mass is 35.5. The van der Waals surface area contributed by atoms with Gasteiger partial charge in [-0.2, -0.15) is 0 Å². The van der Waals surface area contributed by atoms with Crippen molar-refractivity contribution in [1.29, 1.82) is 0 Å². The van der Waals surface area contributed by atoms with Gasteiger partial charge in [-0.15, -0.1) is 0 Å². The lowest BCUT2D eigenvalue weighted by atomic mass is 10.0. The van der Waals surface area contributed by atoms with Crippen LogP contribution in [-0.2, 0) is 14.6 Å². The van der Waals surface area contributed by atoms with E-state index in [4.69, 9.17) is 11.6 Å². The smallest absolute Gasteiger partial charge is 0.293 e. The first-order chi connectivity index (χ1) is 15.4. The van der Waals surface area contributed by atoms with Gasteiger partial charge in [0.2, 0.25) is 5.91 Å². The Balaban J connectivity index is 1.99. The van der Waals surface area contributed by atoms with Gasteiger partial charge >= 0.3 is 0 Å². The zero-order chi connectivity index (χ0) is 24.8. The van der Waals surface area contributed by atoms with Gasteiger partial charge in [0.15, 0.2) is 9.84 Å². The highest BCUT2D eigenvalue weighted by Gasteiger charge is 2.25. The van der Waals surface area contributed by atoms with Gasteiger partial charge in [-0.1, -0.05) is 37.6 Å². The number of hydrogen-bond donors (Lipinski definition) is 3. The summed E-state index contributed by atoms with van der Waals surface area (Å²) in [4.78, 5) is 35.6. The van der Waals surface area contributed by atoms with E-state index in [9.17, 15) is 28.1 Å². The van der Waals surface area contributed by atoms with E-state index in [0.29, 0.717) is 0 Å². The predicted molar refractivity (Wildman–Crippen MR) is 125 cm³/mol. The van der Waals surface area contributed by atoms with Crippen molar-refractivity contribution in [1.82, 2.24) is 10.6 Å². The van der Waals surface area contributed by atoms with Crippen LogP contribution in [0.4, 0.5) is 11.4 Å². The van der Waals surface area contributed by atoms with Crippen LogP contribution in [0, 0.1) is 16.0 Å². The van der Waals surface area contributed by atoms with E-state index < -0.39 is 38.3 Å². The fraction of sp³-hybridized carbons (Fsp3) is 0.333. The summed E-state index contributed by atoms with van der Waals surface area (Å²) < 4.78 is 23.3. The molecule has 2 rings (SSSR count). The number of amides is 2. The molecule has 178 valence electrons. The molecule has 0 radical (unpaired) electrons. The number of nitro groups is 1. The third-order valence-corrected chi connectivity index (χ3v) is 6.13. The number of nitro benzene ring substituents is 1. The second-order valence-electron chi connectivity index (χ2n) is 7.60. The molecule has 0 fully saturated rings. The van der Waals surface area contributed by atoms with Crippen LogP contribution in [0.15, 0.2) is 47.4 Å². The van der Waals surface area contributed by atoms with Crippen molar-refractivity contribution in [2.45, 2.75) is 24.8 Å². The lowest BCUT2D eigenvalue weighted by molar-refractivity contribution is -0.384. The topological polar surface area (TPSA) is 148 Å². The van der Waals surface area contributed by atoms with Crippen molar-refractivity contribution in [2.24, 2.45) is 5.92 Å². The fourth-order valence-corrected chi connectivity index (χ4v) is 3.80. The average Bonchev–Trinajstić information content (AvgIpc) is 2.74. The van der Waals surface area contributed by atoms with Gasteiger partial charge in [-0.25, -0.2) is 8.42 Å². The molecule has 0 saturated heterocycles. The first kappa shape index (κ1) is 26.1. The summed E-state index contributed by atoms with van der Waals surface area (Å²) in [5, 5.41) is 19.7. The van der Waals surface area contributed by atoms with Crippen molar-refractivity contribution in [3.8, 4) is 0 Å². The van der Waals surface area contributed by atoms with Crippen LogP contribution in [0.5, 0.6) is 0 Å². The molecular formula is C21H25ClN4O6S. The van der Waals surface area contributed by atoms with Crippen molar-refractivity contribution in [3.05, 3.63) is 63.2 Å². The maximum atomic E-state index is 12.6. The molecule has 0 spiro atoms. The van der Waals surface area contributed by atoms with Gasteiger partial charge in [0, 0.05) is 25.4 Å². The highest BCUT2D eigenvalue weighted by Crippen LogP contribution is 2.27. The number of sulfone groups is 1. The highest BCUT2D eigenvalue weighted by molar-refractivity contribution is 7.90. The molecule has 2 aromatic carbocycles. The number of carbonyl (C=O) groups is 2. The molecule has 0 aliphatic heterocycles. The molecule has 3 N–H and O–H groups in total. The number of hydrogen-bond acceptors (Lipinski definition) is 7. The molecule has 0 saturated carbocycles. The van der Waals surface area contributed by atoms with Gasteiger partial charge in [-0.3, -0.25) is 19.7 Å². The Labute approximate surface area is 196 Å². The predicted octanol–water partition coefficient (Wildman–Crippen LogP) is 2.63. The number of carbonyl (C=O) groups excluding carboxylic acids is 2. The minimum Gasteiger partial charge on any atom is -0.378 e. The number of halogens is 1. The molecule has 0 aromatic heterocycles. The molecular weight excluding hydrogens is 472 g/mol. The van der Waals surface area contributed by atoms with E-state index in [0.717, 1.165) is 12.3 Å². The van der Waals surface area contributed by atoms with Crippen LogP contribution < -0.4 is 16.0 Å². The second-order valence-corrected chi connectivity index (χ2v) is 10.0. The molecule has 1 atom stereocenters. The maximum Gasteiger partial charge on any atom is 0.293 e. The van der Waals surface area contributed by atoms with Crippen molar-refractivity contribution >= 4 is 44.6 Å². The van der Waals surface area contributed by atoms with Gasteiger partial charge < -0.3 is 16.0 Å². The quantitative estimate of drug-likeness (QED) is 0.260. The van der Waals surface area contributed by atoms with E-state index in [1.165, 1.54) is 12.1 Å². The van der Waals surface area contributed by atoms with E-state index in [2.05, 4.69) is 16.0 Å². The minimum atomic E-state index is -3.59. The standard InChI is InChI=1S/C21H25ClN4O6S/c1-13(2)19(25-20(27)15-6-4-5-7-16(15)22)21(28)24-11-10-23-17-9-8-14(33(3,31)32)12-18(17)26(29)30/h4-9,12-13,19,23H,10-11H2,1-3H3,(H,24,28)(H,25,27)/t19-/m0/s1. The average molecular weight is 497 g/mol. The van der Waals surface area contributed by atoms with Crippen LogP contribution in [0.3, 0.4) is 0 Å². The third kappa shape index (κ3) is 7.16. The molecule has 0 heterocycles. The summed E-state index contributed by atoms with van der Waals surface area (Å²) in [6, 6.07) is 9.22. The molecule has 0 unspecified atom stereocenters. The lowest BCUT2D eigenvalue weighted by Crippen LogP contribution is -2.50. The van der Waals surface area contributed by atoms with E-state index >= 15 is 0 Å². The molecule has 2 amide bonds. The van der Waals surface area contributed by atoms with Crippen LogP contribution in [0.2, 0.25) is 5.02 Å². The van der Waals surface area contributed by atoms with Crippen LogP contribution >= 0.6 is 11.6 Å². The summed E-state index contributed by atoms with van der Waals surface area (Å²) in [7, 11) is -3.59. The van der Waals surface area contributed by atoms with E-state index in [1.807, 2.05) is 0 Å². The first-order valence-electron chi connectivity index (χ1n) is 9.97. The third-order valence-electron chi connectivity index (χ3n) is 4.69. The van der Waals surface area contributed by atoms with Crippen molar-refractivity contribution in [3.63, 3.8) is 0 Å². The Hall–Kier alpha value is -3.18. The Bertz CT molecular complexity index is 1150. The molecule has 0 bridgehead atoms. The van der Waals surface area contributed by atoms with E-state index in [-0.39, 0.29) is 40.2 Å². The number of nitrogens with one attached hydrogen (secondary N) is 3. The summed E-state index contributed by atoms with van der Waals surface area (Å²) >= 11 is 6.04. The Morgan fingerprint density at radius 1 is 1.12 bits per heavy atom. The first-order valence-corrected chi connectivity index (χ1v) is 12.2. The zero-order valence-electron chi connectivity index (χ0n) is 18.3. The SMILES string of the molecule is CC(C)[C@H](NC(=O)c1ccccc1Cl)C(=O)NCCNc1ccc(S(C)(=O)=O)cc1[N+](=O)[O-]. The van der Waals surface area contributed by atoms with Crippen LogP contribution in [0.25, 0.3) is 0 Å². The number of nitrogens with zero attached hydrogens (tertiary/aromatic N) is 1. The Kier molecular flexibility index (Phi) is 8.77. The van der Waals surface area contributed by atoms with Crippen LogP contribution in [-0.4, -0.2) is 50.5 Å². The van der Waals surface area contributed by atoms with Crippen molar-refractivity contribution in [2.75, 3.05) is 24.7 Å². The second kappa shape index (κ2) is 11.1. The normalized spacial score (nSPS) is 12.2. The van der Waals surface area contributed by atoms with Gasteiger partial charge in [0.05, 0.1) is 20.4 Å². The summed E-state index contributed by atoms with van der Waals surface area (Å²) in [5.74, 6) is -1.11. The molecule has 33 heavy (non-hydrogen) atoms. The number of rotatable bonds is 10. The zero-order valence-corrected chi connectivity index (χ0v) is 19.9. The van der Waals surface area contributed by atoms with Crippen LogP contribution in [0.1, 0.15) is 24.2 Å². The van der Waals surface area contributed by atoms with Gasteiger partial charge in [0.1, 0.15) is 11.7 Å². The van der Waals surface area contributed by atoms with Gasteiger partial charge in [0.25, 0.3) is 11.6 Å². The molecule has 12 heteroatoms. The molecule has 0 aliphatic carbocycles. The lowest BCUT2D eigenvalue weighted by Gasteiger charge is -2.22. The monoisotopic (exact) mass is 496 g/mol. The summed E-state index contributed by atoms with van der Waals surface area (Å²) in [5.41, 5.74) is -0.0190.